The van der Waals surface area contributed by atoms with E-state index in [2.05, 4.69) is 9.71 Å². The molecule has 114 valence electrons. The molecule has 6 heteroatoms. The van der Waals surface area contributed by atoms with Crippen LogP contribution >= 0.6 is 0 Å². The van der Waals surface area contributed by atoms with Crippen LogP contribution < -0.4 is 9.62 Å². The number of pyridine rings is 1. The summed E-state index contributed by atoms with van der Waals surface area (Å²) in [6.07, 6.45) is 0.478. The molecule has 0 amide bonds. The molecule has 1 aromatic rings. The molecular weight excluding hydrogens is 274 g/mol. The Balaban J connectivity index is 2.93. The average molecular weight is 299 g/mol. The summed E-state index contributed by atoms with van der Waals surface area (Å²) in [5, 5.41) is 9.22. The standard InChI is InChI=1S/C14H25N3O2S/c1-14(2,3)20(19)16-12(9-10-18)11-7-6-8-13(15-11)17(4)5/h6-8,12,16,18H,9-10H2,1-5H3/t12-,20+/m1/s1. The van der Waals surface area contributed by atoms with Crippen LogP contribution in [0.5, 0.6) is 0 Å². The van der Waals surface area contributed by atoms with Crippen molar-refractivity contribution in [3.63, 3.8) is 0 Å². The summed E-state index contributed by atoms with van der Waals surface area (Å²) >= 11 is -1.20. The SMILES string of the molecule is CN(C)c1cccc([C@@H](CCO)N[S@@+]([O-])C(C)(C)C)n1. The van der Waals surface area contributed by atoms with Crippen LogP contribution in [0.4, 0.5) is 5.82 Å². The van der Waals surface area contributed by atoms with E-state index in [-0.39, 0.29) is 17.4 Å². The fourth-order valence-electron chi connectivity index (χ4n) is 1.58. The molecule has 5 nitrogen and oxygen atoms in total. The first-order chi connectivity index (χ1) is 9.25. The van der Waals surface area contributed by atoms with Crippen molar-refractivity contribution < 1.29 is 9.66 Å². The van der Waals surface area contributed by atoms with Crippen LogP contribution in [0.25, 0.3) is 0 Å². The first-order valence-corrected chi connectivity index (χ1v) is 7.84. The van der Waals surface area contributed by atoms with Gasteiger partial charge in [-0.1, -0.05) is 6.07 Å². The highest BCUT2D eigenvalue weighted by molar-refractivity contribution is 7.90. The highest BCUT2D eigenvalue weighted by atomic mass is 32.2. The fraction of sp³-hybridized carbons (Fsp3) is 0.643. The van der Waals surface area contributed by atoms with Crippen molar-refractivity contribution in [2.24, 2.45) is 0 Å². The number of anilines is 1. The number of rotatable bonds is 6. The second-order valence-electron chi connectivity index (χ2n) is 5.88. The molecule has 0 aliphatic rings. The molecule has 0 bridgehead atoms. The zero-order chi connectivity index (χ0) is 15.3. The largest absolute Gasteiger partial charge is 0.598 e. The van der Waals surface area contributed by atoms with E-state index in [0.717, 1.165) is 11.5 Å². The third-order valence-electron chi connectivity index (χ3n) is 2.79. The molecule has 0 fully saturated rings. The molecule has 0 saturated heterocycles. The molecule has 0 spiro atoms. The average Bonchev–Trinajstić information content (AvgIpc) is 2.37. The van der Waals surface area contributed by atoms with Gasteiger partial charge in [-0.25, -0.2) is 4.98 Å². The molecular formula is C14H25N3O2S. The maximum absolute atomic E-state index is 12.2. The molecule has 2 atom stereocenters. The highest BCUT2D eigenvalue weighted by Crippen LogP contribution is 2.22. The molecule has 1 rings (SSSR count). The minimum absolute atomic E-state index is 0.0207. The van der Waals surface area contributed by atoms with E-state index < -0.39 is 11.4 Å². The predicted molar refractivity (Wildman–Crippen MR) is 84.0 cm³/mol. The third-order valence-corrected chi connectivity index (χ3v) is 4.41. The van der Waals surface area contributed by atoms with Crippen LogP contribution in [-0.4, -0.2) is 40.1 Å². The predicted octanol–water partition coefficient (Wildman–Crippen LogP) is 1.62. The van der Waals surface area contributed by atoms with Crippen molar-refractivity contribution >= 4 is 17.2 Å². The van der Waals surface area contributed by atoms with Crippen LogP contribution in [0.1, 0.15) is 38.9 Å². The quantitative estimate of drug-likeness (QED) is 0.781. The Kier molecular flexibility index (Phi) is 6.26. The van der Waals surface area contributed by atoms with E-state index in [1.165, 1.54) is 0 Å². The summed E-state index contributed by atoms with van der Waals surface area (Å²) < 4.78 is 14.9. The van der Waals surface area contributed by atoms with Gasteiger partial charge in [-0.2, -0.15) is 0 Å². The molecule has 0 aliphatic carbocycles. The minimum Gasteiger partial charge on any atom is -0.598 e. The lowest BCUT2D eigenvalue weighted by atomic mass is 10.1. The molecule has 0 saturated carbocycles. The van der Waals surface area contributed by atoms with Crippen LogP contribution in [0.2, 0.25) is 0 Å². The first kappa shape index (κ1) is 17.2. The summed E-state index contributed by atoms with van der Waals surface area (Å²) in [7, 11) is 3.85. The summed E-state index contributed by atoms with van der Waals surface area (Å²) in [5.74, 6) is 0.841. The van der Waals surface area contributed by atoms with E-state index in [1.54, 1.807) is 0 Å². The molecule has 0 aliphatic heterocycles. The van der Waals surface area contributed by atoms with E-state index in [9.17, 15) is 9.66 Å². The fourth-order valence-corrected chi connectivity index (χ4v) is 2.44. The number of nitrogens with zero attached hydrogens (tertiary/aromatic N) is 2. The van der Waals surface area contributed by atoms with Crippen molar-refractivity contribution in [1.29, 1.82) is 0 Å². The number of aliphatic hydroxyl groups excluding tert-OH is 1. The molecule has 0 unspecified atom stereocenters. The monoisotopic (exact) mass is 299 g/mol. The van der Waals surface area contributed by atoms with Crippen LogP contribution in [0, 0.1) is 0 Å². The van der Waals surface area contributed by atoms with E-state index in [0.29, 0.717) is 6.42 Å². The van der Waals surface area contributed by atoms with Crippen LogP contribution in [-0.2, 0) is 11.4 Å². The molecule has 1 heterocycles. The second kappa shape index (κ2) is 7.26. The lowest BCUT2D eigenvalue weighted by Crippen LogP contribution is -2.41. The van der Waals surface area contributed by atoms with Crippen molar-refractivity contribution in [1.82, 2.24) is 9.71 Å². The van der Waals surface area contributed by atoms with Gasteiger partial charge in [0.15, 0.2) is 0 Å². The number of hydrogen-bond donors (Lipinski definition) is 2. The topological polar surface area (TPSA) is 71.5 Å². The van der Waals surface area contributed by atoms with Gasteiger partial charge >= 0.3 is 0 Å². The van der Waals surface area contributed by atoms with Gasteiger partial charge in [-0.15, -0.1) is 4.72 Å². The Labute approximate surface area is 124 Å². The van der Waals surface area contributed by atoms with E-state index in [4.69, 9.17) is 0 Å². The van der Waals surface area contributed by atoms with Gasteiger partial charge in [0, 0.05) is 32.1 Å². The van der Waals surface area contributed by atoms with Gasteiger partial charge in [0.05, 0.1) is 11.7 Å². The highest BCUT2D eigenvalue weighted by Gasteiger charge is 2.30. The first-order valence-electron chi connectivity index (χ1n) is 6.69. The van der Waals surface area contributed by atoms with Crippen molar-refractivity contribution in [3.8, 4) is 0 Å². The number of aromatic nitrogens is 1. The normalized spacial score (nSPS) is 14.9. The summed E-state index contributed by atoms with van der Waals surface area (Å²) in [5.41, 5.74) is 0.794. The van der Waals surface area contributed by atoms with Gasteiger partial charge in [-0.3, -0.25) is 0 Å². The van der Waals surface area contributed by atoms with Crippen LogP contribution in [0.3, 0.4) is 0 Å². The van der Waals surface area contributed by atoms with Gasteiger partial charge in [0.25, 0.3) is 0 Å². The third kappa shape index (κ3) is 4.94. The van der Waals surface area contributed by atoms with Crippen molar-refractivity contribution in [3.05, 3.63) is 23.9 Å². The number of hydrogen-bond acceptors (Lipinski definition) is 5. The maximum Gasteiger partial charge on any atom is 0.136 e. The zero-order valence-corrected chi connectivity index (χ0v) is 13.7. The Hall–Kier alpha value is -0.820. The van der Waals surface area contributed by atoms with Gasteiger partial charge in [-0.05, 0) is 39.3 Å². The zero-order valence-electron chi connectivity index (χ0n) is 12.9. The lowest BCUT2D eigenvalue weighted by Gasteiger charge is -2.27. The molecule has 0 aromatic carbocycles. The smallest absolute Gasteiger partial charge is 0.136 e. The van der Waals surface area contributed by atoms with E-state index >= 15 is 0 Å². The second-order valence-corrected chi connectivity index (χ2v) is 7.88. The Bertz CT molecular complexity index is 421. The minimum atomic E-state index is -1.20. The number of nitrogens with one attached hydrogen (secondary N) is 1. The van der Waals surface area contributed by atoms with Gasteiger partial charge in [0.2, 0.25) is 0 Å². The van der Waals surface area contributed by atoms with Crippen LogP contribution in [0.15, 0.2) is 18.2 Å². The summed E-state index contributed by atoms with van der Waals surface area (Å²) in [4.78, 5) is 6.46. The Morgan fingerprint density at radius 3 is 2.55 bits per heavy atom. The molecule has 20 heavy (non-hydrogen) atoms. The molecule has 0 radical (unpaired) electrons. The van der Waals surface area contributed by atoms with Crippen molar-refractivity contribution in [2.45, 2.75) is 38.0 Å². The summed E-state index contributed by atoms with van der Waals surface area (Å²) in [6.45, 7) is 5.76. The maximum atomic E-state index is 12.2. The number of aliphatic hydroxyl groups is 1. The lowest BCUT2D eigenvalue weighted by molar-refractivity contribution is 0.271. The van der Waals surface area contributed by atoms with E-state index in [1.807, 2.05) is 58.0 Å². The summed E-state index contributed by atoms with van der Waals surface area (Å²) in [6, 6.07) is 5.50. The van der Waals surface area contributed by atoms with Crippen molar-refractivity contribution in [2.75, 3.05) is 25.6 Å². The van der Waals surface area contributed by atoms with Gasteiger partial charge < -0.3 is 14.6 Å². The van der Waals surface area contributed by atoms with Gasteiger partial charge in [0.1, 0.15) is 10.6 Å². The molecule has 2 N–H and O–H groups in total. The Morgan fingerprint density at radius 1 is 1.40 bits per heavy atom. The molecule has 1 aromatic heterocycles. The Morgan fingerprint density at radius 2 is 2.05 bits per heavy atom.